The van der Waals surface area contributed by atoms with E-state index in [0.29, 0.717) is 5.75 Å². The molecule has 108 valence electrons. The second-order valence-corrected chi connectivity index (χ2v) is 7.21. The van der Waals surface area contributed by atoms with Crippen molar-refractivity contribution in [3.05, 3.63) is 39.9 Å². The zero-order chi connectivity index (χ0) is 15.1. The lowest BCUT2D eigenvalue weighted by Gasteiger charge is -2.39. The second-order valence-electron chi connectivity index (χ2n) is 6.35. The van der Waals surface area contributed by atoms with Crippen LogP contribution in [0.25, 0.3) is 0 Å². The Bertz CT molecular complexity index is 587. The summed E-state index contributed by atoms with van der Waals surface area (Å²) in [6.45, 7) is 10.1. The van der Waals surface area contributed by atoms with Crippen molar-refractivity contribution in [2.24, 2.45) is 5.41 Å². The molecule has 20 heavy (non-hydrogen) atoms. The molecule has 0 radical (unpaired) electrons. The first kappa shape index (κ1) is 15.3. The van der Waals surface area contributed by atoms with Crippen LogP contribution in [0.2, 0.25) is 0 Å². The summed E-state index contributed by atoms with van der Waals surface area (Å²) in [6, 6.07) is 4.04. The minimum Gasteiger partial charge on any atom is -0.426 e. The van der Waals surface area contributed by atoms with Crippen molar-refractivity contribution in [1.82, 2.24) is 0 Å². The number of benzene rings is 1. The van der Waals surface area contributed by atoms with E-state index in [1.165, 1.54) is 12.5 Å². The van der Waals surface area contributed by atoms with E-state index in [2.05, 4.69) is 48.9 Å². The molecule has 0 spiro atoms. The first-order valence-electron chi connectivity index (χ1n) is 6.84. The number of allylic oxidation sites excluding steroid dienone is 2. The normalized spacial score (nSPS) is 23.9. The van der Waals surface area contributed by atoms with Crippen molar-refractivity contribution in [3.8, 4) is 5.75 Å². The van der Waals surface area contributed by atoms with Crippen molar-refractivity contribution in [3.63, 3.8) is 0 Å². The highest BCUT2D eigenvalue weighted by molar-refractivity contribution is 9.10. The minimum atomic E-state index is -0.282. The Kier molecular flexibility index (Phi) is 3.85. The molecule has 0 unspecified atom stereocenters. The predicted octanol–water partition coefficient (Wildman–Crippen LogP) is 4.93. The average Bonchev–Trinajstić information content (AvgIpc) is 2.57. The fourth-order valence-electron chi connectivity index (χ4n) is 2.83. The Morgan fingerprint density at radius 1 is 1.30 bits per heavy atom. The molecule has 2 rings (SSSR count). The molecule has 0 aromatic heterocycles. The average molecular weight is 337 g/mol. The van der Waals surface area contributed by atoms with Crippen molar-refractivity contribution >= 4 is 21.9 Å². The van der Waals surface area contributed by atoms with Gasteiger partial charge in [-0.25, -0.2) is 0 Å². The third-order valence-corrected chi connectivity index (χ3v) is 5.25. The molecule has 1 aliphatic rings. The van der Waals surface area contributed by atoms with Gasteiger partial charge in [-0.1, -0.05) is 48.9 Å². The standard InChI is InChI=1S/C17H21BrO2/c1-11-9-14(18)13(10-15(11)20-12(2)19)17(5)8-6-7-16(17,3)4/h6-7,9-10H,8H2,1-5H3/t17-/m0/s1. The van der Waals surface area contributed by atoms with Crippen molar-refractivity contribution in [2.75, 3.05) is 0 Å². The third-order valence-electron chi connectivity index (χ3n) is 4.60. The van der Waals surface area contributed by atoms with Gasteiger partial charge in [0.2, 0.25) is 0 Å². The van der Waals surface area contributed by atoms with Crippen LogP contribution < -0.4 is 4.74 Å². The number of aryl methyl sites for hydroxylation is 1. The van der Waals surface area contributed by atoms with Crippen LogP contribution in [0, 0.1) is 12.3 Å². The molecule has 2 nitrogen and oxygen atoms in total. The molecule has 0 bridgehead atoms. The Labute approximate surface area is 129 Å². The van der Waals surface area contributed by atoms with Gasteiger partial charge in [-0.05, 0) is 42.0 Å². The maximum Gasteiger partial charge on any atom is 0.308 e. The summed E-state index contributed by atoms with van der Waals surface area (Å²) in [6.07, 6.45) is 5.49. The summed E-state index contributed by atoms with van der Waals surface area (Å²) in [5.74, 6) is 0.370. The molecule has 1 aromatic rings. The second kappa shape index (κ2) is 5.03. The fraction of sp³-hybridized carbons (Fsp3) is 0.471. The summed E-state index contributed by atoms with van der Waals surface area (Å²) < 4.78 is 6.41. The summed E-state index contributed by atoms with van der Waals surface area (Å²) in [7, 11) is 0. The smallest absolute Gasteiger partial charge is 0.308 e. The SMILES string of the molecule is CC(=O)Oc1cc([C@]2(C)CC=CC2(C)C)c(Br)cc1C. The number of rotatable bonds is 2. The molecule has 0 amide bonds. The van der Waals surface area contributed by atoms with E-state index >= 15 is 0 Å². The highest BCUT2D eigenvalue weighted by Gasteiger charge is 2.44. The van der Waals surface area contributed by atoms with Gasteiger partial charge in [-0.15, -0.1) is 0 Å². The molecule has 0 saturated heterocycles. The van der Waals surface area contributed by atoms with Crippen LogP contribution in [0.15, 0.2) is 28.8 Å². The summed E-state index contributed by atoms with van der Waals surface area (Å²) in [5.41, 5.74) is 2.21. The summed E-state index contributed by atoms with van der Waals surface area (Å²) in [4.78, 5) is 11.2. The summed E-state index contributed by atoms with van der Waals surface area (Å²) >= 11 is 3.68. The Hall–Kier alpha value is -1.09. The lowest BCUT2D eigenvalue weighted by molar-refractivity contribution is -0.131. The van der Waals surface area contributed by atoms with Crippen LogP contribution in [0.3, 0.4) is 0 Å². The topological polar surface area (TPSA) is 26.3 Å². The highest BCUT2D eigenvalue weighted by Crippen LogP contribution is 2.52. The molecule has 0 fully saturated rings. The van der Waals surface area contributed by atoms with E-state index in [1.807, 2.05) is 19.1 Å². The maximum absolute atomic E-state index is 11.2. The predicted molar refractivity (Wildman–Crippen MR) is 85.1 cm³/mol. The quantitative estimate of drug-likeness (QED) is 0.435. The monoisotopic (exact) mass is 336 g/mol. The molecule has 1 aliphatic carbocycles. The number of halogens is 1. The van der Waals surface area contributed by atoms with Gasteiger partial charge in [0.25, 0.3) is 0 Å². The Balaban J connectivity index is 2.55. The van der Waals surface area contributed by atoms with Gasteiger partial charge in [-0.2, -0.15) is 0 Å². The Morgan fingerprint density at radius 2 is 1.95 bits per heavy atom. The van der Waals surface area contributed by atoms with Crippen LogP contribution in [0.1, 0.15) is 45.2 Å². The van der Waals surface area contributed by atoms with E-state index in [-0.39, 0.29) is 16.8 Å². The lowest BCUT2D eigenvalue weighted by Crippen LogP contribution is -2.34. The molecule has 0 heterocycles. The van der Waals surface area contributed by atoms with E-state index in [0.717, 1.165) is 16.5 Å². The van der Waals surface area contributed by atoms with Crippen LogP contribution in [0.5, 0.6) is 5.75 Å². The number of ether oxygens (including phenoxy) is 1. The van der Waals surface area contributed by atoms with Crippen molar-refractivity contribution in [2.45, 2.75) is 46.5 Å². The van der Waals surface area contributed by atoms with Gasteiger partial charge in [-0.3, -0.25) is 4.79 Å². The van der Waals surface area contributed by atoms with Crippen LogP contribution in [-0.4, -0.2) is 5.97 Å². The first-order valence-corrected chi connectivity index (χ1v) is 7.63. The third kappa shape index (κ3) is 2.44. The fourth-order valence-corrected chi connectivity index (χ4v) is 3.73. The zero-order valence-corrected chi connectivity index (χ0v) is 14.3. The van der Waals surface area contributed by atoms with Crippen molar-refractivity contribution in [1.29, 1.82) is 0 Å². The molecule has 3 heteroatoms. The van der Waals surface area contributed by atoms with E-state index < -0.39 is 0 Å². The zero-order valence-electron chi connectivity index (χ0n) is 12.7. The molecule has 0 saturated carbocycles. The van der Waals surface area contributed by atoms with Crippen molar-refractivity contribution < 1.29 is 9.53 Å². The van der Waals surface area contributed by atoms with E-state index in [9.17, 15) is 4.79 Å². The summed E-state index contributed by atoms with van der Waals surface area (Å²) in [5, 5.41) is 0. The molecule has 1 atom stereocenters. The Morgan fingerprint density at radius 3 is 2.45 bits per heavy atom. The van der Waals surface area contributed by atoms with Crippen LogP contribution in [-0.2, 0) is 10.2 Å². The largest absolute Gasteiger partial charge is 0.426 e. The number of carbonyl (C=O) groups excluding carboxylic acids is 1. The highest BCUT2D eigenvalue weighted by atomic mass is 79.9. The van der Waals surface area contributed by atoms with Gasteiger partial charge < -0.3 is 4.74 Å². The van der Waals surface area contributed by atoms with Gasteiger partial charge >= 0.3 is 5.97 Å². The molecule has 0 aliphatic heterocycles. The minimum absolute atomic E-state index is 0.00552. The first-order chi connectivity index (χ1) is 9.17. The van der Waals surface area contributed by atoms with Crippen LogP contribution >= 0.6 is 15.9 Å². The number of hydrogen-bond acceptors (Lipinski definition) is 2. The van der Waals surface area contributed by atoms with Gasteiger partial charge in [0.05, 0.1) is 0 Å². The number of esters is 1. The van der Waals surface area contributed by atoms with E-state index in [4.69, 9.17) is 4.74 Å². The molecule has 1 aromatic carbocycles. The van der Waals surface area contributed by atoms with E-state index in [1.54, 1.807) is 0 Å². The van der Waals surface area contributed by atoms with Gasteiger partial charge in [0.15, 0.2) is 0 Å². The number of carbonyl (C=O) groups is 1. The lowest BCUT2D eigenvalue weighted by atomic mass is 9.65. The maximum atomic E-state index is 11.2. The molecular weight excluding hydrogens is 316 g/mol. The molecule has 0 N–H and O–H groups in total. The van der Waals surface area contributed by atoms with Gasteiger partial charge in [0.1, 0.15) is 5.75 Å². The molecular formula is C17H21BrO2. The van der Waals surface area contributed by atoms with Crippen LogP contribution in [0.4, 0.5) is 0 Å². The van der Waals surface area contributed by atoms with Gasteiger partial charge in [0, 0.05) is 16.8 Å². The number of hydrogen-bond donors (Lipinski definition) is 0.